The van der Waals surface area contributed by atoms with E-state index >= 15 is 0 Å². The standard InChI is InChI=1S/C8H9NO2/c1-6-3-7(2)5-8(4-6)11-9-10/h3-5H,1-2H3. The average Bonchev–Trinajstić information content (AvgIpc) is 1.85. The van der Waals surface area contributed by atoms with Gasteiger partial charge in [-0.2, -0.15) is 0 Å². The molecule has 3 nitrogen and oxygen atoms in total. The van der Waals surface area contributed by atoms with Crippen LogP contribution in [-0.4, -0.2) is 0 Å². The fourth-order valence-electron chi connectivity index (χ4n) is 1.03. The molecule has 0 amide bonds. The molecule has 1 aromatic carbocycles. The Kier molecular flexibility index (Phi) is 2.21. The van der Waals surface area contributed by atoms with Crippen molar-refractivity contribution in [2.24, 2.45) is 5.34 Å². The summed E-state index contributed by atoms with van der Waals surface area (Å²) < 4.78 is 0. The number of nitrogens with zero attached hydrogens (tertiary/aromatic N) is 1. The molecule has 11 heavy (non-hydrogen) atoms. The molecular weight excluding hydrogens is 142 g/mol. The normalized spacial score (nSPS) is 9.27. The maximum atomic E-state index is 9.72. The van der Waals surface area contributed by atoms with Gasteiger partial charge in [-0.3, -0.25) is 0 Å². The molecule has 0 unspecified atom stereocenters. The number of hydrogen-bond donors (Lipinski definition) is 0. The molecule has 0 atom stereocenters. The second-order valence-electron chi connectivity index (χ2n) is 2.49. The van der Waals surface area contributed by atoms with Crippen molar-refractivity contribution in [1.29, 1.82) is 0 Å². The predicted molar refractivity (Wildman–Crippen MR) is 42.3 cm³/mol. The zero-order valence-corrected chi connectivity index (χ0v) is 6.50. The van der Waals surface area contributed by atoms with Crippen LogP contribution < -0.4 is 4.84 Å². The number of hydrogen-bond acceptors (Lipinski definition) is 3. The van der Waals surface area contributed by atoms with Crippen molar-refractivity contribution in [1.82, 2.24) is 0 Å². The first-order valence-electron chi connectivity index (χ1n) is 3.30. The van der Waals surface area contributed by atoms with Crippen molar-refractivity contribution in [3.63, 3.8) is 0 Å². The smallest absolute Gasteiger partial charge is 0.162 e. The highest BCUT2D eigenvalue weighted by Crippen LogP contribution is 2.15. The number of benzene rings is 1. The monoisotopic (exact) mass is 151 g/mol. The average molecular weight is 151 g/mol. The zero-order valence-electron chi connectivity index (χ0n) is 6.50. The highest BCUT2D eigenvalue weighted by molar-refractivity contribution is 5.32. The van der Waals surface area contributed by atoms with E-state index in [-0.39, 0.29) is 0 Å². The Morgan fingerprint density at radius 2 is 1.73 bits per heavy atom. The Hall–Kier alpha value is -1.38. The maximum absolute atomic E-state index is 9.72. The minimum Gasteiger partial charge on any atom is -0.324 e. The van der Waals surface area contributed by atoms with Crippen LogP contribution in [-0.2, 0) is 0 Å². The van der Waals surface area contributed by atoms with Crippen molar-refractivity contribution in [2.45, 2.75) is 13.8 Å². The first kappa shape index (κ1) is 7.72. The summed E-state index contributed by atoms with van der Waals surface area (Å²) in [4.78, 5) is 14.2. The molecule has 0 fully saturated rings. The Morgan fingerprint density at radius 3 is 2.18 bits per heavy atom. The molecule has 0 aliphatic rings. The molecule has 1 rings (SSSR count). The lowest BCUT2D eigenvalue weighted by atomic mass is 10.1. The third kappa shape index (κ3) is 2.04. The molecule has 0 spiro atoms. The third-order valence-electron chi connectivity index (χ3n) is 1.34. The van der Waals surface area contributed by atoms with E-state index in [0.717, 1.165) is 11.1 Å². The van der Waals surface area contributed by atoms with Crippen molar-refractivity contribution >= 4 is 0 Å². The van der Waals surface area contributed by atoms with Gasteiger partial charge in [0.15, 0.2) is 11.1 Å². The Morgan fingerprint density at radius 1 is 1.18 bits per heavy atom. The molecule has 0 heterocycles. The van der Waals surface area contributed by atoms with Crippen LogP contribution in [0.1, 0.15) is 11.1 Å². The quantitative estimate of drug-likeness (QED) is 0.480. The molecule has 0 N–H and O–H groups in total. The minimum atomic E-state index is 0.498. The summed E-state index contributed by atoms with van der Waals surface area (Å²) in [6.45, 7) is 3.87. The van der Waals surface area contributed by atoms with Crippen LogP contribution >= 0.6 is 0 Å². The van der Waals surface area contributed by atoms with E-state index in [9.17, 15) is 4.91 Å². The molecular formula is C8H9NO2. The van der Waals surface area contributed by atoms with Gasteiger partial charge < -0.3 is 4.84 Å². The summed E-state index contributed by atoms with van der Waals surface area (Å²) in [7, 11) is 0. The molecule has 1 aromatic rings. The van der Waals surface area contributed by atoms with E-state index in [1.165, 1.54) is 0 Å². The molecule has 0 radical (unpaired) electrons. The van der Waals surface area contributed by atoms with Crippen LogP contribution in [0.15, 0.2) is 23.5 Å². The van der Waals surface area contributed by atoms with Crippen LogP contribution in [0.3, 0.4) is 0 Å². The van der Waals surface area contributed by atoms with Crippen molar-refractivity contribution in [3.05, 3.63) is 34.2 Å². The Labute approximate surface area is 64.9 Å². The van der Waals surface area contributed by atoms with E-state index in [2.05, 4.69) is 10.2 Å². The van der Waals surface area contributed by atoms with Gasteiger partial charge in [0, 0.05) is 0 Å². The molecule has 0 saturated heterocycles. The fraction of sp³-hybridized carbons (Fsp3) is 0.250. The second kappa shape index (κ2) is 3.14. The van der Waals surface area contributed by atoms with Gasteiger partial charge in [0.2, 0.25) is 0 Å². The highest BCUT2D eigenvalue weighted by Gasteiger charge is 1.95. The first-order valence-corrected chi connectivity index (χ1v) is 3.30. The Bertz CT molecular complexity index is 251. The second-order valence-corrected chi connectivity index (χ2v) is 2.49. The first-order chi connectivity index (χ1) is 5.22. The van der Waals surface area contributed by atoms with Gasteiger partial charge in [-0.1, -0.05) is 6.07 Å². The topological polar surface area (TPSA) is 38.7 Å². The maximum Gasteiger partial charge on any atom is 0.162 e. The van der Waals surface area contributed by atoms with E-state index in [1.807, 2.05) is 19.9 Å². The van der Waals surface area contributed by atoms with E-state index in [4.69, 9.17) is 0 Å². The van der Waals surface area contributed by atoms with Gasteiger partial charge in [-0.15, -0.1) is 4.91 Å². The lowest BCUT2D eigenvalue weighted by molar-refractivity contribution is 0.334. The van der Waals surface area contributed by atoms with Gasteiger partial charge in [-0.05, 0) is 37.1 Å². The summed E-state index contributed by atoms with van der Waals surface area (Å²) in [6, 6.07) is 5.51. The molecule has 0 bridgehead atoms. The van der Waals surface area contributed by atoms with Gasteiger partial charge in [-0.25, -0.2) is 0 Å². The molecule has 0 aromatic heterocycles. The van der Waals surface area contributed by atoms with Gasteiger partial charge in [0.05, 0.1) is 0 Å². The largest absolute Gasteiger partial charge is 0.324 e. The van der Waals surface area contributed by atoms with Crippen molar-refractivity contribution in [3.8, 4) is 5.75 Å². The van der Waals surface area contributed by atoms with Crippen LogP contribution in [0.25, 0.3) is 0 Å². The van der Waals surface area contributed by atoms with Gasteiger partial charge in [0.25, 0.3) is 0 Å². The zero-order chi connectivity index (χ0) is 8.27. The van der Waals surface area contributed by atoms with Crippen molar-refractivity contribution < 1.29 is 4.84 Å². The van der Waals surface area contributed by atoms with Gasteiger partial charge in [0.1, 0.15) is 0 Å². The SMILES string of the molecule is Cc1cc(C)cc(ON=O)c1. The van der Waals surface area contributed by atoms with Crippen LogP contribution in [0.4, 0.5) is 0 Å². The fourth-order valence-corrected chi connectivity index (χ4v) is 1.03. The third-order valence-corrected chi connectivity index (χ3v) is 1.34. The lowest BCUT2D eigenvalue weighted by Crippen LogP contribution is -1.83. The number of aryl methyl sites for hydroxylation is 2. The summed E-state index contributed by atoms with van der Waals surface area (Å²) in [5.41, 5.74) is 2.12. The van der Waals surface area contributed by atoms with E-state index < -0.39 is 0 Å². The van der Waals surface area contributed by atoms with Crippen LogP contribution in [0, 0.1) is 18.8 Å². The lowest BCUT2D eigenvalue weighted by Gasteiger charge is -1.98. The molecule has 0 saturated carbocycles. The summed E-state index contributed by atoms with van der Waals surface area (Å²) in [5.74, 6) is 0.498. The van der Waals surface area contributed by atoms with Crippen LogP contribution in [0.2, 0.25) is 0 Å². The Balaban J connectivity index is 2.98. The van der Waals surface area contributed by atoms with Gasteiger partial charge >= 0.3 is 0 Å². The molecule has 58 valence electrons. The minimum absolute atomic E-state index is 0.498. The highest BCUT2D eigenvalue weighted by atomic mass is 16.7. The summed E-state index contributed by atoms with van der Waals surface area (Å²) >= 11 is 0. The van der Waals surface area contributed by atoms with E-state index in [0.29, 0.717) is 5.75 Å². The predicted octanol–water partition coefficient (Wildman–Crippen LogP) is 2.36. The summed E-state index contributed by atoms with van der Waals surface area (Å²) in [5, 5.41) is 2.34. The van der Waals surface area contributed by atoms with E-state index in [1.54, 1.807) is 12.1 Å². The molecule has 0 aliphatic carbocycles. The molecule has 3 heteroatoms. The van der Waals surface area contributed by atoms with Crippen LogP contribution in [0.5, 0.6) is 5.75 Å². The molecule has 0 aliphatic heterocycles. The van der Waals surface area contributed by atoms with Crippen molar-refractivity contribution in [2.75, 3.05) is 0 Å². The summed E-state index contributed by atoms with van der Waals surface area (Å²) in [6.07, 6.45) is 0. The number of rotatable bonds is 2.